The average Bonchev–Trinajstić information content (AvgIpc) is 2.41. The summed E-state index contributed by atoms with van der Waals surface area (Å²) in [5, 5.41) is 13.9. The Hall–Kier alpha value is -1.79. The van der Waals surface area contributed by atoms with Crippen LogP contribution in [-0.4, -0.2) is 12.0 Å². The summed E-state index contributed by atoms with van der Waals surface area (Å²) in [5.74, 6) is -0.357. The first-order valence-corrected chi connectivity index (χ1v) is 6.80. The van der Waals surface area contributed by atoms with Crippen molar-refractivity contribution in [2.45, 2.75) is 9.79 Å². The van der Waals surface area contributed by atoms with Crippen molar-refractivity contribution in [3.63, 3.8) is 0 Å². The number of hydrogen-bond acceptors (Lipinski definition) is 4. The van der Waals surface area contributed by atoms with E-state index in [0.29, 0.717) is 9.79 Å². The largest absolute Gasteiger partial charge is 0.387 e. The van der Waals surface area contributed by atoms with E-state index in [-0.39, 0.29) is 16.5 Å². The van der Waals surface area contributed by atoms with Gasteiger partial charge in [0.1, 0.15) is 5.82 Å². The molecule has 0 unspecified atom stereocenters. The molecule has 0 amide bonds. The van der Waals surface area contributed by atoms with Crippen LogP contribution in [0.5, 0.6) is 0 Å². The van der Waals surface area contributed by atoms with Gasteiger partial charge in [-0.25, -0.2) is 4.39 Å². The summed E-state index contributed by atoms with van der Waals surface area (Å²) in [4.78, 5) is 11.4. The first kappa shape index (κ1) is 14.6. The number of non-ortho nitro benzene ring substituents is 1. The maximum atomic E-state index is 13.3. The van der Waals surface area contributed by atoms with Gasteiger partial charge in [0.15, 0.2) is 0 Å². The molecule has 0 radical (unpaired) electrons. The molecule has 0 fully saturated rings. The lowest BCUT2D eigenvalue weighted by Gasteiger charge is -2.09. The molecule has 0 heterocycles. The van der Waals surface area contributed by atoms with Crippen LogP contribution in [0, 0.1) is 15.9 Å². The van der Waals surface area contributed by atoms with Gasteiger partial charge in [-0.3, -0.25) is 10.1 Å². The number of anilines is 1. The molecule has 0 aliphatic rings. The lowest BCUT2D eigenvalue weighted by atomic mass is 10.3. The zero-order chi connectivity index (χ0) is 14.7. The van der Waals surface area contributed by atoms with Crippen molar-refractivity contribution in [1.29, 1.82) is 0 Å². The minimum atomic E-state index is -0.512. The summed E-state index contributed by atoms with van der Waals surface area (Å²) in [7, 11) is 1.73. The van der Waals surface area contributed by atoms with Gasteiger partial charge in [-0.1, -0.05) is 23.4 Å². The van der Waals surface area contributed by atoms with E-state index in [1.807, 2.05) is 0 Å². The number of halogens is 2. The molecule has 1 N–H and O–H groups in total. The Kier molecular flexibility index (Phi) is 4.46. The van der Waals surface area contributed by atoms with Gasteiger partial charge in [-0.15, -0.1) is 0 Å². The molecule has 104 valence electrons. The number of nitrogens with one attached hydrogen (secondary N) is 1. The van der Waals surface area contributed by atoms with Gasteiger partial charge in [-0.2, -0.15) is 0 Å². The molecule has 0 bridgehead atoms. The summed E-state index contributed by atoms with van der Waals surface area (Å²) in [6.07, 6.45) is 0. The molecular formula is C13H10ClFN2O2S. The molecule has 0 saturated carbocycles. The number of rotatable bonds is 4. The lowest BCUT2D eigenvalue weighted by Crippen LogP contribution is -1.92. The van der Waals surface area contributed by atoms with E-state index in [2.05, 4.69) is 5.32 Å². The van der Waals surface area contributed by atoms with Crippen molar-refractivity contribution in [3.8, 4) is 0 Å². The third kappa shape index (κ3) is 3.20. The van der Waals surface area contributed by atoms with Gasteiger partial charge in [0.25, 0.3) is 5.69 Å². The SMILES string of the molecule is CNc1ccc(F)cc1Sc1ccc([N+](=O)[O-])cc1Cl. The van der Waals surface area contributed by atoms with Crippen LogP contribution >= 0.6 is 23.4 Å². The van der Waals surface area contributed by atoms with Crippen LogP contribution in [-0.2, 0) is 0 Å². The van der Waals surface area contributed by atoms with Gasteiger partial charge < -0.3 is 5.32 Å². The second-order valence-electron chi connectivity index (χ2n) is 3.86. The first-order chi connectivity index (χ1) is 9.51. The molecule has 2 rings (SSSR count). The smallest absolute Gasteiger partial charge is 0.270 e. The van der Waals surface area contributed by atoms with E-state index >= 15 is 0 Å². The van der Waals surface area contributed by atoms with E-state index in [1.165, 1.54) is 36.0 Å². The minimum Gasteiger partial charge on any atom is -0.387 e. The Labute approximate surface area is 124 Å². The number of nitro benzene ring substituents is 1. The second-order valence-corrected chi connectivity index (χ2v) is 5.36. The number of benzene rings is 2. The molecule has 0 aromatic heterocycles. The zero-order valence-electron chi connectivity index (χ0n) is 10.4. The maximum Gasteiger partial charge on any atom is 0.270 e. The van der Waals surface area contributed by atoms with E-state index in [9.17, 15) is 14.5 Å². The van der Waals surface area contributed by atoms with Crippen LogP contribution in [0.2, 0.25) is 5.02 Å². The Bertz CT molecular complexity index is 667. The van der Waals surface area contributed by atoms with E-state index in [0.717, 1.165) is 5.69 Å². The van der Waals surface area contributed by atoms with E-state index < -0.39 is 4.92 Å². The summed E-state index contributed by atoms with van der Waals surface area (Å²) >= 11 is 7.26. The minimum absolute atomic E-state index is 0.0765. The average molecular weight is 313 g/mol. The molecule has 7 heteroatoms. The van der Waals surface area contributed by atoms with Gasteiger partial charge >= 0.3 is 0 Å². The Morgan fingerprint density at radius 1 is 1.25 bits per heavy atom. The first-order valence-electron chi connectivity index (χ1n) is 5.60. The van der Waals surface area contributed by atoms with E-state index in [1.54, 1.807) is 19.2 Å². The number of nitrogens with zero attached hydrogens (tertiary/aromatic N) is 1. The number of nitro groups is 1. The van der Waals surface area contributed by atoms with Gasteiger partial charge in [0.05, 0.1) is 9.95 Å². The van der Waals surface area contributed by atoms with Crippen molar-refractivity contribution in [1.82, 2.24) is 0 Å². The van der Waals surface area contributed by atoms with Crippen molar-refractivity contribution >= 4 is 34.7 Å². The zero-order valence-corrected chi connectivity index (χ0v) is 12.0. The third-order valence-electron chi connectivity index (χ3n) is 2.56. The van der Waals surface area contributed by atoms with Crippen LogP contribution in [0.15, 0.2) is 46.2 Å². The van der Waals surface area contributed by atoms with Crippen molar-refractivity contribution in [2.75, 3.05) is 12.4 Å². The molecule has 0 aliphatic carbocycles. The van der Waals surface area contributed by atoms with Crippen molar-refractivity contribution in [2.24, 2.45) is 0 Å². The molecule has 0 spiro atoms. The molecule has 0 atom stereocenters. The van der Waals surface area contributed by atoms with Gasteiger partial charge in [-0.05, 0) is 24.3 Å². The maximum absolute atomic E-state index is 13.3. The highest BCUT2D eigenvalue weighted by molar-refractivity contribution is 7.99. The summed E-state index contributed by atoms with van der Waals surface area (Å²) in [5.41, 5.74) is 0.679. The number of hydrogen-bond donors (Lipinski definition) is 1. The molecule has 0 aliphatic heterocycles. The van der Waals surface area contributed by atoms with Crippen LogP contribution < -0.4 is 5.32 Å². The summed E-state index contributed by atoms with van der Waals surface area (Å²) < 4.78 is 13.3. The van der Waals surface area contributed by atoms with Crippen molar-refractivity contribution in [3.05, 3.63) is 57.4 Å². The quantitative estimate of drug-likeness (QED) is 0.663. The van der Waals surface area contributed by atoms with Crippen LogP contribution in [0.4, 0.5) is 15.8 Å². The lowest BCUT2D eigenvalue weighted by molar-refractivity contribution is -0.384. The third-order valence-corrected chi connectivity index (χ3v) is 4.12. The second kappa shape index (κ2) is 6.11. The van der Waals surface area contributed by atoms with Gasteiger partial charge in [0.2, 0.25) is 0 Å². The van der Waals surface area contributed by atoms with Crippen molar-refractivity contribution < 1.29 is 9.31 Å². The van der Waals surface area contributed by atoms with Crippen LogP contribution in [0.25, 0.3) is 0 Å². The fourth-order valence-electron chi connectivity index (χ4n) is 1.59. The molecule has 2 aromatic rings. The van der Waals surface area contributed by atoms with Crippen LogP contribution in [0.3, 0.4) is 0 Å². The molecule has 2 aromatic carbocycles. The molecule has 4 nitrogen and oxygen atoms in total. The predicted octanol–water partition coefficient (Wildman–Crippen LogP) is 4.58. The Morgan fingerprint density at radius 2 is 2.00 bits per heavy atom. The fourth-order valence-corrected chi connectivity index (χ4v) is 2.86. The standard InChI is InChI=1S/C13H10ClFN2O2S/c1-16-11-4-2-8(15)6-13(11)20-12-5-3-9(17(18)19)7-10(12)14/h2-7,16H,1H3. The highest BCUT2D eigenvalue weighted by Crippen LogP contribution is 2.38. The molecule has 20 heavy (non-hydrogen) atoms. The topological polar surface area (TPSA) is 55.2 Å². The highest BCUT2D eigenvalue weighted by atomic mass is 35.5. The Balaban J connectivity index is 2.35. The Morgan fingerprint density at radius 3 is 2.60 bits per heavy atom. The van der Waals surface area contributed by atoms with Gasteiger partial charge in [0, 0.05) is 34.7 Å². The fraction of sp³-hybridized carbons (Fsp3) is 0.0769. The van der Waals surface area contributed by atoms with Crippen LogP contribution in [0.1, 0.15) is 0 Å². The summed E-state index contributed by atoms with van der Waals surface area (Å²) in [6, 6.07) is 8.56. The highest BCUT2D eigenvalue weighted by Gasteiger charge is 2.12. The molecular weight excluding hydrogens is 303 g/mol. The monoisotopic (exact) mass is 312 g/mol. The summed E-state index contributed by atoms with van der Waals surface area (Å²) in [6.45, 7) is 0. The predicted molar refractivity (Wildman–Crippen MR) is 78.2 cm³/mol. The molecule has 0 saturated heterocycles. The normalized spacial score (nSPS) is 10.3. The van der Waals surface area contributed by atoms with E-state index in [4.69, 9.17) is 11.6 Å².